The third-order valence-corrected chi connectivity index (χ3v) is 4.44. The number of fused-ring (bicyclic) bond motifs is 1. The molecule has 0 radical (unpaired) electrons. The van der Waals surface area contributed by atoms with Gasteiger partial charge >= 0.3 is 0 Å². The number of hydrogen-bond acceptors (Lipinski definition) is 2. The highest BCUT2D eigenvalue weighted by Crippen LogP contribution is 2.51. The van der Waals surface area contributed by atoms with Crippen molar-refractivity contribution >= 4 is 0 Å². The van der Waals surface area contributed by atoms with Crippen molar-refractivity contribution in [2.75, 3.05) is 13.1 Å². The Morgan fingerprint density at radius 2 is 2.00 bits per heavy atom. The molecule has 14 heavy (non-hydrogen) atoms. The number of hydrogen-bond donors (Lipinski definition) is 1. The minimum Gasteiger partial charge on any atom is -0.392 e. The molecular formula is C12H21NO. The SMILES string of the molecule is OC1CCCN(C2CCCC3CC32)C1. The van der Waals surface area contributed by atoms with Crippen LogP contribution in [0, 0.1) is 11.8 Å². The summed E-state index contributed by atoms with van der Waals surface area (Å²) >= 11 is 0. The van der Waals surface area contributed by atoms with Gasteiger partial charge in [0.15, 0.2) is 0 Å². The first-order chi connectivity index (χ1) is 6.84. The van der Waals surface area contributed by atoms with E-state index in [1.54, 1.807) is 0 Å². The van der Waals surface area contributed by atoms with E-state index in [9.17, 15) is 5.11 Å². The summed E-state index contributed by atoms with van der Waals surface area (Å²) in [5, 5.41) is 9.67. The molecule has 2 nitrogen and oxygen atoms in total. The second-order valence-electron chi connectivity index (χ2n) is 5.45. The summed E-state index contributed by atoms with van der Waals surface area (Å²) < 4.78 is 0. The standard InChI is InChI=1S/C12H21NO/c14-10-4-2-6-13(8-10)12-5-1-3-9-7-11(9)12/h9-12,14H,1-8H2. The molecule has 0 bridgehead atoms. The minimum atomic E-state index is -0.0390. The normalized spacial score (nSPS) is 48.6. The van der Waals surface area contributed by atoms with Crippen LogP contribution in [0.5, 0.6) is 0 Å². The molecule has 2 aliphatic carbocycles. The van der Waals surface area contributed by atoms with Crippen LogP contribution in [0.15, 0.2) is 0 Å². The van der Waals surface area contributed by atoms with Crippen molar-refractivity contribution in [1.29, 1.82) is 0 Å². The van der Waals surface area contributed by atoms with Gasteiger partial charge in [-0.25, -0.2) is 0 Å². The van der Waals surface area contributed by atoms with Gasteiger partial charge in [-0.1, -0.05) is 12.8 Å². The van der Waals surface area contributed by atoms with E-state index in [1.165, 1.54) is 38.6 Å². The van der Waals surface area contributed by atoms with Crippen molar-refractivity contribution in [3.63, 3.8) is 0 Å². The summed E-state index contributed by atoms with van der Waals surface area (Å²) in [5.74, 6) is 2.07. The van der Waals surface area contributed by atoms with Crippen LogP contribution < -0.4 is 0 Å². The maximum absolute atomic E-state index is 9.67. The molecule has 0 aromatic heterocycles. The number of likely N-dealkylation sites (tertiary alicyclic amines) is 1. The number of β-amino-alcohol motifs (C(OH)–C–C–N with tert-alkyl or cyclic N) is 1. The molecule has 1 saturated heterocycles. The number of nitrogens with zero attached hydrogens (tertiary/aromatic N) is 1. The van der Waals surface area contributed by atoms with Gasteiger partial charge in [-0.05, 0) is 44.1 Å². The van der Waals surface area contributed by atoms with Crippen molar-refractivity contribution in [3.05, 3.63) is 0 Å². The molecule has 3 aliphatic rings. The van der Waals surface area contributed by atoms with E-state index in [0.717, 1.165) is 30.8 Å². The first-order valence-corrected chi connectivity index (χ1v) is 6.27. The minimum absolute atomic E-state index is 0.0390. The lowest BCUT2D eigenvalue weighted by atomic mass is 9.92. The van der Waals surface area contributed by atoms with Crippen molar-refractivity contribution in [3.8, 4) is 0 Å². The molecule has 3 rings (SSSR count). The quantitative estimate of drug-likeness (QED) is 0.687. The van der Waals surface area contributed by atoms with Crippen LogP contribution >= 0.6 is 0 Å². The molecule has 3 fully saturated rings. The second kappa shape index (κ2) is 3.49. The number of rotatable bonds is 1. The summed E-state index contributed by atoms with van der Waals surface area (Å²) in [5.41, 5.74) is 0. The molecule has 80 valence electrons. The van der Waals surface area contributed by atoms with Gasteiger partial charge in [-0.15, -0.1) is 0 Å². The molecule has 1 N–H and O–H groups in total. The van der Waals surface area contributed by atoms with Gasteiger partial charge in [-0.3, -0.25) is 4.90 Å². The Balaban J connectivity index is 1.63. The lowest BCUT2D eigenvalue weighted by molar-refractivity contribution is 0.0315. The van der Waals surface area contributed by atoms with Crippen LogP contribution in [-0.4, -0.2) is 35.2 Å². The molecular weight excluding hydrogens is 174 g/mol. The van der Waals surface area contributed by atoms with Crippen LogP contribution in [-0.2, 0) is 0 Å². The fourth-order valence-corrected chi connectivity index (χ4v) is 3.62. The molecule has 1 heterocycles. The molecule has 0 amide bonds. The molecule has 2 saturated carbocycles. The first-order valence-electron chi connectivity index (χ1n) is 6.27. The van der Waals surface area contributed by atoms with Gasteiger partial charge in [0.25, 0.3) is 0 Å². The molecule has 0 aromatic rings. The summed E-state index contributed by atoms with van der Waals surface area (Å²) in [6.45, 7) is 2.19. The maximum Gasteiger partial charge on any atom is 0.0667 e. The highest BCUT2D eigenvalue weighted by atomic mass is 16.3. The third kappa shape index (κ3) is 1.59. The Hall–Kier alpha value is -0.0800. The van der Waals surface area contributed by atoms with E-state index in [2.05, 4.69) is 4.90 Å². The monoisotopic (exact) mass is 195 g/mol. The van der Waals surface area contributed by atoms with Crippen LogP contribution in [0.1, 0.15) is 38.5 Å². The Morgan fingerprint density at radius 3 is 2.86 bits per heavy atom. The summed E-state index contributed by atoms with van der Waals surface area (Å²) in [6.07, 6.45) is 7.98. The molecule has 1 aliphatic heterocycles. The fraction of sp³-hybridized carbons (Fsp3) is 1.00. The highest BCUT2D eigenvalue weighted by molar-refractivity contribution is 5.00. The Kier molecular flexibility index (Phi) is 2.29. The number of piperidine rings is 1. The highest BCUT2D eigenvalue weighted by Gasteiger charge is 2.47. The molecule has 2 heteroatoms. The predicted molar refractivity (Wildman–Crippen MR) is 56.0 cm³/mol. The van der Waals surface area contributed by atoms with Crippen molar-refractivity contribution in [2.24, 2.45) is 11.8 Å². The van der Waals surface area contributed by atoms with Crippen molar-refractivity contribution in [2.45, 2.75) is 50.7 Å². The van der Waals surface area contributed by atoms with Gasteiger partial charge in [0.2, 0.25) is 0 Å². The predicted octanol–water partition coefficient (Wildman–Crippen LogP) is 1.63. The Morgan fingerprint density at radius 1 is 1.07 bits per heavy atom. The van der Waals surface area contributed by atoms with Gasteiger partial charge in [0.05, 0.1) is 6.10 Å². The second-order valence-corrected chi connectivity index (χ2v) is 5.45. The van der Waals surface area contributed by atoms with E-state index in [0.29, 0.717) is 0 Å². The van der Waals surface area contributed by atoms with E-state index in [1.807, 2.05) is 0 Å². The first kappa shape index (κ1) is 9.17. The molecule has 0 aromatic carbocycles. The van der Waals surface area contributed by atoms with Gasteiger partial charge in [0.1, 0.15) is 0 Å². The molecule has 4 unspecified atom stereocenters. The maximum atomic E-state index is 9.67. The van der Waals surface area contributed by atoms with E-state index in [-0.39, 0.29) is 6.10 Å². The zero-order valence-electron chi connectivity index (χ0n) is 8.86. The lowest BCUT2D eigenvalue weighted by Crippen LogP contribution is -2.46. The van der Waals surface area contributed by atoms with Crippen LogP contribution in [0.25, 0.3) is 0 Å². The number of aliphatic hydroxyl groups excluding tert-OH is 1. The topological polar surface area (TPSA) is 23.5 Å². The van der Waals surface area contributed by atoms with Crippen LogP contribution in [0.4, 0.5) is 0 Å². The van der Waals surface area contributed by atoms with E-state index in [4.69, 9.17) is 0 Å². The zero-order valence-corrected chi connectivity index (χ0v) is 8.86. The molecule has 0 spiro atoms. The van der Waals surface area contributed by atoms with Crippen LogP contribution in [0.3, 0.4) is 0 Å². The fourth-order valence-electron chi connectivity index (χ4n) is 3.62. The summed E-state index contributed by atoms with van der Waals surface area (Å²) in [4.78, 5) is 2.58. The Bertz CT molecular complexity index is 218. The Labute approximate surface area is 86.3 Å². The van der Waals surface area contributed by atoms with Crippen molar-refractivity contribution in [1.82, 2.24) is 4.90 Å². The largest absolute Gasteiger partial charge is 0.392 e. The lowest BCUT2D eigenvalue weighted by Gasteiger charge is -2.38. The van der Waals surface area contributed by atoms with Gasteiger partial charge in [0, 0.05) is 12.6 Å². The summed E-state index contributed by atoms with van der Waals surface area (Å²) in [7, 11) is 0. The average molecular weight is 195 g/mol. The smallest absolute Gasteiger partial charge is 0.0667 e. The van der Waals surface area contributed by atoms with E-state index < -0.39 is 0 Å². The third-order valence-electron chi connectivity index (χ3n) is 4.44. The van der Waals surface area contributed by atoms with Gasteiger partial charge < -0.3 is 5.11 Å². The number of aliphatic hydroxyl groups is 1. The average Bonchev–Trinajstić information content (AvgIpc) is 2.95. The van der Waals surface area contributed by atoms with Crippen LogP contribution in [0.2, 0.25) is 0 Å². The van der Waals surface area contributed by atoms with Gasteiger partial charge in [-0.2, -0.15) is 0 Å². The molecule has 4 atom stereocenters. The van der Waals surface area contributed by atoms with Crippen molar-refractivity contribution < 1.29 is 5.11 Å². The van der Waals surface area contributed by atoms with E-state index >= 15 is 0 Å². The zero-order chi connectivity index (χ0) is 9.54. The summed E-state index contributed by atoms with van der Waals surface area (Å²) in [6, 6.07) is 0.837.